The fourth-order valence-electron chi connectivity index (χ4n) is 0.694. The van der Waals surface area contributed by atoms with Crippen LogP contribution >= 0.6 is 0 Å². The Morgan fingerprint density at radius 1 is 1.58 bits per heavy atom. The van der Waals surface area contributed by atoms with Crippen molar-refractivity contribution in [1.82, 2.24) is 4.98 Å². The Bertz CT molecular complexity index is 276. The van der Waals surface area contributed by atoms with E-state index in [1.165, 1.54) is 6.20 Å². The smallest absolute Gasteiger partial charge is 0.213 e. The van der Waals surface area contributed by atoms with Crippen molar-refractivity contribution in [3.05, 3.63) is 23.9 Å². The average molecular weight is 165 g/mol. The standard InChI is InChI=1S/C9H8FNO/c1-2-8-3-4-9(11-7-8)12-6-5-10/h1,3-4,7H,5-6H2. The van der Waals surface area contributed by atoms with E-state index in [2.05, 4.69) is 10.9 Å². The second-order valence-corrected chi connectivity index (χ2v) is 2.07. The third-order valence-electron chi connectivity index (χ3n) is 1.23. The number of rotatable bonds is 3. The van der Waals surface area contributed by atoms with Crippen molar-refractivity contribution in [3.8, 4) is 18.2 Å². The van der Waals surface area contributed by atoms with E-state index in [4.69, 9.17) is 11.2 Å². The van der Waals surface area contributed by atoms with E-state index < -0.39 is 6.67 Å². The molecule has 12 heavy (non-hydrogen) atoms. The van der Waals surface area contributed by atoms with Gasteiger partial charge in [0.05, 0.1) is 0 Å². The predicted octanol–water partition coefficient (Wildman–Crippen LogP) is 1.41. The van der Waals surface area contributed by atoms with Crippen molar-refractivity contribution in [2.45, 2.75) is 0 Å². The monoisotopic (exact) mass is 165 g/mol. The highest BCUT2D eigenvalue weighted by Gasteiger charge is 1.93. The van der Waals surface area contributed by atoms with Gasteiger partial charge in [0.1, 0.15) is 13.3 Å². The van der Waals surface area contributed by atoms with Crippen LogP contribution in [-0.2, 0) is 0 Å². The molecule has 0 aromatic carbocycles. The molecule has 0 amide bonds. The summed E-state index contributed by atoms with van der Waals surface area (Å²) in [5, 5.41) is 0. The molecular formula is C9H8FNO. The van der Waals surface area contributed by atoms with Crippen molar-refractivity contribution in [1.29, 1.82) is 0 Å². The van der Waals surface area contributed by atoms with Gasteiger partial charge in [-0.15, -0.1) is 6.42 Å². The van der Waals surface area contributed by atoms with E-state index in [1.54, 1.807) is 12.1 Å². The lowest BCUT2D eigenvalue weighted by molar-refractivity contribution is 0.264. The molecule has 2 nitrogen and oxygen atoms in total. The van der Waals surface area contributed by atoms with E-state index in [-0.39, 0.29) is 6.61 Å². The molecule has 1 aromatic rings. The molecule has 0 N–H and O–H groups in total. The zero-order chi connectivity index (χ0) is 8.81. The number of hydrogen-bond donors (Lipinski definition) is 0. The Morgan fingerprint density at radius 2 is 2.42 bits per heavy atom. The van der Waals surface area contributed by atoms with Crippen LogP contribution in [0.2, 0.25) is 0 Å². The summed E-state index contributed by atoms with van der Waals surface area (Å²) in [6, 6.07) is 3.31. The van der Waals surface area contributed by atoms with E-state index in [1.807, 2.05) is 0 Å². The van der Waals surface area contributed by atoms with Gasteiger partial charge in [0, 0.05) is 17.8 Å². The molecule has 0 saturated heterocycles. The Morgan fingerprint density at radius 3 is 2.92 bits per heavy atom. The normalized spacial score (nSPS) is 9.00. The van der Waals surface area contributed by atoms with Crippen LogP contribution in [0.3, 0.4) is 0 Å². The molecule has 1 rings (SSSR count). The van der Waals surface area contributed by atoms with Crippen molar-refractivity contribution in [2.24, 2.45) is 0 Å². The molecule has 0 bridgehead atoms. The van der Waals surface area contributed by atoms with Crippen LogP contribution in [0.25, 0.3) is 0 Å². The molecule has 0 radical (unpaired) electrons. The van der Waals surface area contributed by atoms with Gasteiger partial charge in [0.15, 0.2) is 0 Å². The van der Waals surface area contributed by atoms with Gasteiger partial charge in [-0.25, -0.2) is 9.37 Å². The molecule has 0 unspecified atom stereocenters. The molecule has 0 aliphatic carbocycles. The molecule has 0 fully saturated rings. The van der Waals surface area contributed by atoms with Crippen LogP contribution in [0.5, 0.6) is 5.88 Å². The van der Waals surface area contributed by atoms with Gasteiger partial charge in [-0.3, -0.25) is 0 Å². The minimum atomic E-state index is -0.515. The minimum absolute atomic E-state index is 0.0302. The highest BCUT2D eigenvalue weighted by atomic mass is 19.1. The first kappa shape index (κ1) is 8.54. The first-order valence-electron chi connectivity index (χ1n) is 3.48. The Balaban J connectivity index is 2.60. The van der Waals surface area contributed by atoms with Crippen LogP contribution in [-0.4, -0.2) is 18.3 Å². The van der Waals surface area contributed by atoms with Crippen molar-refractivity contribution >= 4 is 0 Å². The summed E-state index contributed by atoms with van der Waals surface area (Å²) in [6.45, 7) is -0.485. The van der Waals surface area contributed by atoms with Crippen molar-refractivity contribution < 1.29 is 9.13 Å². The highest BCUT2D eigenvalue weighted by molar-refractivity contribution is 5.31. The zero-order valence-corrected chi connectivity index (χ0v) is 6.46. The Labute approximate surface area is 70.4 Å². The topological polar surface area (TPSA) is 22.1 Å². The lowest BCUT2D eigenvalue weighted by Crippen LogP contribution is -1.99. The summed E-state index contributed by atoms with van der Waals surface area (Å²) < 4.78 is 16.5. The number of aromatic nitrogens is 1. The number of terminal acetylenes is 1. The third kappa shape index (κ3) is 2.24. The van der Waals surface area contributed by atoms with E-state index in [0.717, 1.165) is 0 Å². The number of halogens is 1. The largest absolute Gasteiger partial charge is 0.475 e. The van der Waals surface area contributed by atoms with Gasteiger partial charge in [-0.1, -0.05) is 5.92 Å². The lowest BCUT2D eigenvalue weighted by atomic mass is 10.3. The van der Waals surface area contributed by atoms with E-state index >= 15 is 0 Å². The fourth-order valence-corrected chi connectivity index (χ4v) is 0.694. The van der Waals surface area contributed by atoms with Gasteiger partial charge in [0.2, 0.25) is 5.88 Å². The summed E-state index contributed by atoms with van der Waals surface area (Å²) in [6.07, 6.45) is 6.62. The van der Waals surface area contributed by atoms with Gasteiger partial charge in [-0.2, -0.15) is 0 Å². The van der Waals surface area contributed by atoms with Gasteiger partial charge in [-0.05, 0) is 6.07 Å². The Hall–Kier alpha value is -1.56. The predicted molar refractivity (Wildman–Crippen MR) is 43.6 cm³/mol. The summed E-state index contributed by atoms with van der Waals surface area (Å²) >= 11 is 0. The molecule has 0 aliphatic rings. The van der Waals surface area contributed by atoms with Gasteiger partial charge < -0.3 is 4.74 Å². The fraction of sp³-hybridized carbons (Fsp3) is 0.222. The molecular weight excluding hydrogens is 157 g/mol. The molecule has 3 heteroatoms. The second kappa shape index (κ2) is 4.35. The SMILES string of the molecule is C#Cc1ccc(OCCF)nc1. The molecule has 0 spiro atoms. The Kier molecular flexibility index (Phi) is 3.09. The molecule has 62 valence electrons. The molecule has 0 saturated carbocycles. The number of nitrogens with zero attached hydrogens (tertiary/aromatic N) is 1. The van der Waals surface area contributed by atoms with Crippen LogP contribution in [0.1, 0.15) is 5.56 Å². The van der Waals surface area contributed by atoms with Crippen molar-refractivity contribution in [2.75, 3.05) is 13.3 Å². The molecule has 1 heterocycles. The quantitative estimate of drug-likeness (QED) is 0.632. The number of ether oxygens (including phenoxy) is 1. The number of alkyl halides is 1. The first-order valence-corrected chi connectivity index (χ1v) is 3.48. The van der Waals surface area contributed by atoms with Crippen LogP contribution in [0.4, 0.5) is 4.39 Å². The summed E-state index contributed by atoms with van der Waals surface area (Å²) in [5.41, 5.74) is 0.683. The average Bonchev–Trinajstić information content (AvgIpc) is 2.15. The van der Waals surface area contributed by atoms with Crippen LogP contribution in [0.15, 0.2) is 18.3 Å². The highest BCUT2D eigenvalue weighted by Crippen LogP contribution is 2.05. The third-order valence-corrected chi connectivity index (χ3v) is 1.23. The summed E-state index contributed by atoms with van der Waals surface area (Å²) in [5.74, 6) is 2.81. The van der Waals surface area contributed by atoms with E-state index in [9.17, 15) is 4.39 Å². The van der Waals surface area contributed by atoms with Crippen LogP contribution in [0, 0.1) is 12.3 Å². The second-order valence-electron chi connectivity index (χ2n) is 2.07. The van der Waals surface area contributed by atoms with Gasteiger partial charge in [0.25, 0.3) is 0 Å². The molecule has 1 aromatic heterocycles. The maximum Gasteiger partial charge on any atom is 0.213 e. The molecule has 0 atom stereocenters. The number of pyridine rings is 1. The molecule has 0 aliphatic heterocycles. The maximum atomic E-state index is 11.6. The summed E-state index contributed by atoms with van der Waals surface area (Å²) in [7, 11) is 0. The minimum Gasteiger partial charge on any atom is -0.475 e. The lowest BCUT2D eigenvalue weighted by Gasteiger charge is -2.00. The zero-order valence-electron chi connectivity index (χ0n) is 6.46. The van der Waals surface area contributed by atoms with Crippen LogP contribution < -0.4 is 4.74 Å². The first-order chi connectivity index (χ1) is 5.86. The van der Waals surface area contributed by atoms with Gasteiger partial charge >= 0.3 is 0 Å². The van der Waals surface area contributed by atoms with E-state index in [0.29, 0.717) is 11.4 Å². The van der Waals surface area contributed by atoms with Crippen molar-refractivity contribution in [3.63, 3.8) is 0 Å². The maximum absolute atomic E-state index is 11.6. The number of hydrogen-bond acceptors (Lipinski definition) is 2. The summed E-state index contributed by atoms with van der Waals surface area (Å²) in [4.78, 5) is 3.86.